The van der Waals surface area contributed by atoms with Crippen LogP contribution in [0.5, 0.6) is 0 Å². The number of aromatic nitrogens is 5. The van der Waals surface area contributed by atoms with Crippen LogP contribution >= 0.6 is 11.8 Å². The molecule has 0 saturated carbocycles. The number of anilines is 2. The van der Waals surface area contributed by atoms with Gasteiger partial charge in [0.1, 0.15) is 10.8 Å². The summed E-state index contributed by atoms with van der Waals surface area (Å²) in [4.78, 5) is 17.6. The highest BCUT2D eigenvalue weighted by atomic mass is 32.2. The van der Waals surface area contributed by atoms with Gasteiger partial charge in [0, 0.05) is 15.7 Å². The molecule has 150 valence electrons. The quantitative estimate of drug-likeness (QED) is 0.312. The number of nitrogens with one attached hydrogen (secondary N) is 4. The van der Waals surface area contributed by atoms with Crippen molar-refractivity contribution in [1.82, 2.24) is 25.4 Å². The fourth-order valence-corrected chi connectivity index (χ4v) is 4.57. The molecule has 4 N–H and O–H groups in total. The van der Waals surface area contributed by atoms with Crippen molar-refractivity contribution in [1.29, 1.82) is 0 Å². The molecule has 0 spiro atoms. The minimum atomic E-state index is -0.118. The molecule has 0 bridgehead atoms. The van der Waals surface area contributed by atoms with Crippen LogP contribution in [0.1, 0.15) is 0 Å². The van der Waals surface area contributed by atoms with Crippen LogP contribution in [0.4, 0.5) is 11.6 Å². The minimum absolute atomic E-state index is 0.118. The molecule has 6 rings (SSSR count). The number of hydrogen-bond acceptors (Lipinski definition) is 5. The third kappa shape index (κ3) is 3.13. The van der Waals surface area contributed by atoms with Gasteiger partial charge in [-0.2, -0.15) is 5.10 Å². The van der Waals surface area contributed by atoms with Crippen LogP contribution < -0.4 is 10.9 Å². The van der Waals surface area contributed by atoms with Gasteiger partial charge < -0.3 is 5.32 Å². The van der Waals surface area contributed by atoms with Crippen LogP contribution in [0, 0.1) is 0 Å². The maximum absolute atomic E-state index is 11.8. The molecule has 0 amide bonds. The molecule has 3 heterocycles. The summed E-state index contributed by atoms with van der Waals surface area (Å²) in [7, 11) is 0. The fourth-order valence-electron chi connectivity index (χ4n) is 3.69. The van der Waals surface area contributed by atoms with Crippen molar-refractivity contribution in [3.8, 4) is 0 Å². The van der Waals surface area contributed by atoms with Gasteiger partial charge in [0.2, 0.25) is 0 Å². The highest BCUT2D eigenvalue weighted by molar-refractivity contribution is 7.99. The number of nitrogens with zero attached hydrogens (tertiary/aromatic N) is 2. The lowest BCUT2D eigenvalue weighted by Gasteiger charge is -2.10. The zero-order valence-electron chi connectivity index (χ0n) is 16.1. The maximum atomic E-state index is 11.8. The lowest BCUT2D eigenvalue weighted by atomic mass is 10.1. The number of hydrogen-bond donors (Lipinski definition) is 4. The second-order valence-electron chi connectivity index (χ2n) is 7.16. The van der Waals surface area contributed by atoms with Crippen molar-refractivity contribution < 1.29 is 0 Å². The summed E-state index contributed by atoms with van der Waals surface area (Å²) >= 11 is 1.54. The van der Waals surface area contributed by atoms with Gasteiger partial charge >= 0.3 is 0 Å². The Labute approximate surface area is 179 Å². The van der Waals surface area contributed by atoms with Gasteiger partial charge in [0.25, 0.3) is 5.56 Å². The standard InChI is InChI=1S/C23H16N6OS/c30-23-17-10-9-14(12-19(17)27-29-23)31-20-11-13-5-1-2-6-15(13)21(24-20)25-22-16-7-3-4-8-18(16)26-28-22/h1-12H,(H2,27,29,30)(H2,24,25,26,28). The predicted molar refractivity (Wildman–Crippen MR) is 124 cm³/mol. The first kappa shape index (κ1) is 17.8. The van der Waals surface area contributed by atoms with Crippen molar-refractivity contribution in [3.63, 3.8) is 0 Å². The monoisotopic (exact) mass is 424 g/mol. The predicted octanol–water partition coefficient (Wildman–Crippen LogP) is 5.18. The Hall–Kier alpha value is -4.04. The zero-order chi connectivity index (χ0) is 20.8. The van der Waals surface area contributed by atoms with Gasteiger partial charge in [-0.25, -0.2) is 4.98 Å². The van der Waals surface area contributed by atoms with Crippen LogP contribution in [-0.2, 0) is 0 Å². The lowest BCUT2D eigenvalue weighted by Crippen LogP contribution is -1.97. The Morgan fingerprint density at radius 1 is 0.774 bits per heavy atom. The normalized spacial score (nSPS) is 11.5. The van der Waals surface area contributed by atoms with E-state index in [1.807, 2.05) is 60.7 Å². The molecule has 0 aliphatic heterocycles. The van der Waals surface area contributed by atoms with Crippen LogP contribution in [0.2, 0.25) is 0 Å². The van der Waals surface area contributed by atoms with Gasteiger partial charge in [-0.3, -0.25) is 20.1 Å². The third-order valence-electron chi connectivity index (χ3n) is 5.19. The number of fused-ring (bicyclic) bond motifs is 3. The molecule has 7 nitrogen and oxygen atoms in total. The van der Waals surface area contributed by atoms with E-state index in [9.17, 15) is 4.79 Å². The van der Waals surface area contributed by atoms with Crippen molar-refractivity contribution >= 4 is 56.0 Å². The Balaban J connectivity index is 1.42. The second kappa shape index (κ2) is 7.03. The Kier molecular flexibility index (Phi) is 4.03. The number of benzene rings is 3. The third-order valence-corrected chi connectivity index (χ3v) is 6.10. The number of rotatable bonds is 4. The summed E-state index contributed by atoms with van der Waals surface area (Å²) in [5.41, 5.74) is 1.62. The summed E-state index contributed by atoms with van der Waals surface area (Å²) in [5.74, 6) is 1.48. The average molecular weight is 424 g/mol. The van der Waals surface area contributed by atoms with Crippen molar-refractivity contribution in [2.45, 2.75) is 9.92 Å². The van der Waals surface area contributed by atoms with E-state index in [4.69, 9.17) is 4.98 Å². The molecule has 31 heavy (non-hydrogen) atoms. The first-order valence-electron chi connectivity index (χ1n) is 9.73. The van der Waals surface area contributed by atoms with E-state index in [-0.39, 0.29) is 5.56 Å². The number of aromatic amines is 3. The van der Waals surface area contributed by atoms with Gasteiger partial charge in [-0.15, -0.1) is 0 Å². The molecule has 0 saturated heterocycles. The summed E-state index contributed by atoms with van der Waals surface area (Å²) in [6, 6.07) is 23.9. The Morgan fingerprint density at radius 3 is 2.55 bits per heavy atom. The Morgan fingerprint density at radius 2 is 1.61 bits per heavy atom. The topological polar surface area (TPSA) is 102 Å². The fraction of sp³-hybridized carbons (Fsp3) is 0. The molecular weight excluding hydrogens is 408 g/mol. The summed E-state index contributed by atoms with van der Waals surface area (Å²) in [6.45, 7) is 0. The molecule has 3 aromatic carbocycles. The van der Waals surface area contributed by atoms with Crippen LogP contribution in [0.3, 0.4) is 0 Å². The smallest absolute Gasteiger partial charge is 0.271 e. The number of pyridine rings is 1. The van der Waals surface area contributed by atoms with E-state index in [2.05, 4.69) is 37.8 Å². The highest BCUT2D eigenvalue weighted by Gasteiger charge is 2.12. The van der Waals surface area contributed by atoms with E-state index in [0.29, 0.717) is 5.39 Å². The molecule has 0 atom stereocenters. The van der Waals surface area contributed by atoms with Crippen molar-refractivity contribution in [2.75, 3.05) is 5.32 Å². The van der Waals surface area contributed by atoms with Gasteiger partial charge in [0.05, 0.1) is 16.4 Å². The van der Waals surface area contributed by atoms with E-state index in [1.54, 1.807) is 11.8 Å². The Bertz CT molecular complexity index is 1630. The molecule has 3 aromatic heterocycles. The molecule has 0 unspecified atom stereocenters. The van der Waals surface area contributed by atoms with E-state index >= 15 is 0 Å². The first-order valence-corrected chi connectivity index (χ1v) is 10.5. The molecule has 0 aliphatic carbocycles. The maximum Gasteiger partial charge on any atom is 0.271 e. The number of H-pyrrole nitrogens is 3. The van der Waals surface area contributed by atoms with Crippen molar-refractivity contribution in [3.05, 3.63) is 83.2 Å². The zero-order valence-corrected chi connectivity index (χ0v) is 17.0. The summed E-state index contributed by atoms with van der Waals surface area (Å²) in [5, 5.41) is 21.0. The average Bonchev–Trinajstić information content (AvgIpc) is 3.37. The van der Waals surface area contributed by atoms with Gasteiger partial charge in [0.15, 0.2) is 5.82 Å². The minimum Gasteiger partial charge on any atom is -0.322 e. The van der Waals surface area contributed by atoms with Gasteiger partial charge in [-0.1, -0.05) is 48.2 Å². The first-order chi connectivity index (χ1) is 15.2. The van der Waals surface area contributed by atoms with Crippen LogP contribution in [0.15, 0.2) is 87.5 Å². The highest BCUT2D eigenvalue weighted by Crippen LogP contribution is 2.34. The van der Waals surface area contributed by atoms with E-state index in [1.165, 1.54) is 0 Å². The second-order valence-corrected chi connectivity index (χ2v) is 8.26. The molecule has 0 radical (unpaired) electrons. The van der Waals surface area contributed by atoms with Crippen LogP contribution in [-0.4, -0.2) is 25.4 Å². The van der Waals surface area contributed by atoms with E-state index < -0.39 is 0 Å². The summed E-state index contributed by atoms with van der Waals surface area (Å²) in [6.07, 6.45) is 0. The number of para-hydroxylation sites is 1. The molecular formula is C23H16N6OS. The van der Waals surface area contributed by atoms with E-state index in [0.717, 1.165) is 48.7 Å². The molecule has 8 heteroatoms. The summed E-state index contributed by atoms with van der Waals surface area (Å²) < 4.78 is 0. The molecule has 0 aliphatic rings. The lowest BCUT2D eigenvalue weighted by molar-refractivity contribution is 1.08. The van der Waals surface area contributed by atoms with Gasteiger partial charge in [-0.05, 0) is 41.8 Å². The molecule has 0 fully saturated rings. The van der Waals surface area contributed by atoms with Crippen LogP contribution in [0.25, 0.3) is 32.6 Å². The molecule has 6 aromatic rings. The largest absolute Gasteiger partial charge is 0.322 e. The SMILES string of the molecule is O=c1[nH][nH]c2cc(Sc3cc4ccccc4c(Nc4n[nH]c5ccccc45)n3)ccc12. The van der Waals surface area contributed by atoms with Crippen molar-refractivity contribution in [2.24, 2.45) is 0 Å².